The van der Waals surface area contributed by atoms with E-state index < -0.39 is 0 Å². The Morgan fingerprint density at radius 2 is 2.06 bits per heavy atom. The second kappa shape index (κ2) is 4.86. The van der Waals surface area contributed by atoms with Crippen molar-refractivity contribution in [1.82, 2.24) is 4.90 Å². The molecule has 0 aromatic heterocycles. The molecular weight excluding hydrogens is 278 g/mol. The van der Waals surface area contributed by atoms with Gasteiger partial charge in [-0.25, -0.2) is 0 Å². The van der Waals surface area contributed by atoms with Gasteiger partial charge in [-0.05, 0) is 54.1 Å². The van der Waals surface area contributed by atoms with E-state index in [4.69, 9.17) is 5.73 Å². The fraction of sp³-hybridized carbons (Fsp3) is 0.538. The van der Waals surface area contributed by atoms with E-state index in [-0.39, 0.29) is 0 Å². The van der Waals surface area contributed by atoms with Crippen LogP contribution in [-0.2, 0) is 0 Å². The fourth-order valence-corrected chi connectivity index (χ4v) is 3.25. The van der Waals surface area contributed by atoms with Crippen molar-refractivity contribution in [3.63, 3.8) is 0 Å². The van der Waals surface area contributed by atoms with Gasteiger partial charge in [0, 0.05) is 29.3 Å². The number of hydrogen-bond acceptors (Lipinski definition) is 3. The molecule has 2 rings (SSSR count). The summed E-state index contributed by atoms with van der Waals surface area (Å²) < 4.78 is 1.09. The molecule has 2 N–H and O–H groups in total. The number of nitrogens with zero attached hydrogens (tertiary/aromatic N) is 2. The van der Waals surface area contributed by atoms with Gasteiger partial charge < -0.3 is 15.5 Å². The molecule has 0 aliphatic carbocycles. The van der Waals surface area contributed by atoms with E-state index in [9.17, 15) is 0 Å². The van der Waals surface area contributed by atoms with Gasteiger partial charge >= 0.3 is 0 Å². The Morgan fingerprint density at radius 1 is 1.35 bits per heavy atom. The first-order valence-electron chi connectivity index (χ1n) is 5.95. The van der Waals surface area contributed by atoms with Gasteiger partial charge in [0.1, 0.15) is 0 Å². The van der Waals surface area contributed by atoms with Crippen molar-refractivity contribution >= 4 is 27.3 Å². The van der Waals surface area contributed by atoms with Crippen LogP contribution in [0.15, 0.2) is 22.7 Å². The first-order chi connectivity index (χ1) is 7.99. The van der Waals surface area contributed by atoms with Crippen LogP contribution in [0.4, 0.5) is 11.4 Å². The molecule has 94 valence electrons. The Labute approximate surface area is 112 Å². The Balaban J connectivity index is 2.19. The van der Waals surface area contributed by atoms with Crippen molar-refractivity contribution in [2.75, 3.05) is 37.8 Å². The lowest BCUT2D eigenvalue weighted by Crippen LogP contribution is -2.34. The minimum Gasteiger partial charge on any atom is -0.399 e. The van der Waals surface area contributed by atoms with E-state index in [2.05, 4.69) is 52.8 Å². The third kappa shape index (κ3) is 2.58. The Morgan fingerprint density at radius 3 is 2.59 bits per heavy atom. The lowest BCUT2D eigenvalue weighted by atomic mass is 10.1. The van der Waals surface area contributed by atoms with Gasteiger partial charge in [-0.1, -0.05) is 6.92 Å². The summed E-state index contributed by atoms with van der Waals surface area (Å²) >= 11 is 3.60. The molecule has 0 amide bonds. The Kier molecular flexibility index (Phi) is 3.64. The lowest BCUT2D eigenvalue weighted by Gasteiger charge is -2.23. The van der Waals surface area contributed by atoms with Crippen molar-refractivity contribution in [3.8, 4) is 0 Å². The molecule has 1 fully saturated rings. The van der Waals surface area contributed by atoms with Gasteiger partial charge in [0.05, 0.1) is 5.69 Å². The van der Waals surface area contributed by atoms with Crippen LogP contribution in [-0.4, -0.2) is 38.1 Å². The van der Waals surface area contributed by atoms with Crippen molar-refractivity contribution in [1.29, 1.82) is 0 Å². The van der Waals surface area contributed by atoms with Crippen LogP contribution < -0.4 is 10.6 Å². The number of benzene rings is 1. The maximum absolute atomic E-state index is 5.77. The summed E-state index contributed by atoms with van der Waals surface area (Å²) in [6.45, 7) is 4.50. The molecular formula is C13H20BrN3. The number of halogens is 1. The van der Waals surface area contributed by atoms with Crippen LogP contribution in [0.5, 0.6) is 0 Å². The zero-order valence-corrected chi connectivity index (χ0v) is 12.2. The third-order valence-corrected chi connectivity index (χ3v) is 4.18. The van der Waals surface area contributed by atoms with Crippen molar-refractivity contribution in [2.45, 2.75) is 13.0 Å². The SMILES string of the molecule is CC1CN(c2ccc(N)cc2Br)CC1N(C)C. The average molecular weight is 298 g/mol. The number of anilines is 2. The predicted octanol–water partition coefficient (Wildman–Crippen LogP) is 2.42. The number of hydrogen-bond donors (Lipinski definition) is 1. The number of nitrogens with two attached hydrogens (primary N) is 1. The minimum absolute atomic E-state index is 0.624. The van der Waals surface area contributed by atoms with Crippen LogP contribution in [0, 0.1) is 5.92 Å². The van der Waals surface area contributed by atoms with Crippen molar-refractivity contribution in [2.24, 2.45) is 5.92 Å². The normalized spacial score (nSPS) is 24.6. The monoisotopic (exact) mass is 297 g/mol. The van der Waals surface area contributed by atoms with E-state index in [1.54, 1.807) is 0 Å². The molecule has 4 heteroatoms. The molecule has 1 aliphatic heterocycles. The van der Waals surface area contributed by atoms with Crippen LogP contribution in [0.3, 0.4) is 0 Å². The molecule has 17 heavy (non-hydrogen) atoms. The highest BCUT2D eigenvalue weighted by atomic mass is 79.9. The summed E-state index contributed by atoms with van der Waals surface area (Å²) in [5.41, 5.74) is 7.82. The van der Waals surface area contributed by atoms with Gasteiger partial charge in [0.15, 0.2) is 0 Å². The molecule has 1 aromatic rings. The topological polar surface area (TPSA) is 32.5 Å². The first-order valence-corrected chi connectivity index (χ1v) is 6.74. The molecule has 0 radical (unpaired) electrons. The fourth-order valence-electron chi connectivity index (χ4n) is 2.60. The quantitative estimate of drug-likeness (QED) is 0.851. The van der Waals surface area contributed by atoms with E-state index in [0.717, 1.165) is 23.2 Å². The third-order valence-electron chi connectivity index (χ3n) is 3.55. The van der Waals surface area contributed by atoms with Gasteiger partial charge in [0.2, 0.25) is 0 Å². The summed E-state index contributed by atoms with van der Waals surface area (Å²) in [5.74, 6) is 0.689. The number of likely N-dealkylation sites (N-methyl/N-ethyl adjacent to an activating group) is 1. The van der Waals surface area contributed by atoms with Gasteiger partial charge in [-0.15, -0.1) is 0 Å². The molecule has 2 unspecified atom stereocenters. The van der Waals surface area contributed by atoms with Crippen LogP contribution in [0.2, 0.25) is 0 Å². The highest BCUT2D eigenvalue weighted by Crippen LogP contribution is 2.32. The summed E-state index contributed by atoms with van der Waals surface area (Å²) in [6, 6.07) is 6.67. The highest BCUT2D eigenvalue weighted by molar-refractivity contribution is 9.10. The van der Waals surface area contributed by atoms with Crippen molar-refractivity contribution in [3.05, 3.63) is 22.7 Å². The minimum atomic E-state index is 0.624. The molecule has 0 saturated carbocycles. The number of nitrogen functional groups attached to an aromatic ring is 1. The second-order valence-electron chi connectivity index (χ2n) is 5.12. The van der Waals surface area contributed by atoms with Crippen LogP contribution in [0.1, 0.15) is 6.92 Å². The largest absolute Gasteiger partial charge is 0.399 e. The Bertz CT molecular complexity index is 406. The van der Waals surface area contributed by atoms with Crippen LogP contribution in [0.25, 0.3) is 0 Å². The molecule has 2 atom stereocenters. The van der Waals surface area contributed by atoms with Gasteiger partial charge in [-0.3, -0.25) is 0 Å². The summed E-state index contributed by atoms with van der Waals surface area (Å²) in [6.07, 6.45) is 0. The molecule has 1 heterocycles. The molecule has 0 spiro atoms. The Hall–Kier alpha value is -0.740. The zero-order chi connectivity index (χ0) is 12.6. The van der Waals surface area contributed by atoms with Crippen LogP contribution >= 0.6 is 15.9 Å². The molecule has 3 nitrogen and oxygen atoms in total. The summed E-state index contributed by atoms with van der Waals surface area (Å²) in [5, 5.41) is 0. The maximum atomic E-state index is 5.77. The molecule has 1 aromatic carbocycles. The first kappa shape index (κ1) is 12.7. The molecule has 1 aliphatic rings. The highest BCUT2D eigenvalue weighted by Gasteiger charge is 2.31. The smallest absolute Gasteiger partial charge is 0.0512 e. The zero-order valence-electron chi connectivity index (χ0n) is 10.7. The molecule has 0 bridgehead atoms. The van der Waals surface area contributed by atoms with E-state index >= 15 is 0 Å². The average Bonchev–Trinajstić information content (AvgIpc) is 2.60. The van der Waals surface area contributed by atoms with E-state index in [1.807, 2.05) is 12.1 Å². The number of rotatable bonds is 2. The second-order valence-corrected chi connectivity index (χ2v) is 5.98. The van der Waals surface area contributed by atoms with E-state index in [1.165, 1.54) is 5.69 Å². The van der Waals surface area contributed by atoms with Gasteiger partial charge in [-0.2, -0.15) is 0 Å². The molecule has 1 saturated heterocycles. The predicted molar refractivity (Wildman–Crippen MR) is 77.4 cm³/mol. The van der Waals surface area contributed by atoms with Gasteiger partial charge in [0.25, 0.3) is 0 Å². The lowest BCUT2D eigenvalue weighted by molar-refractivity contribution is 0.266. The standard InChI is InChI=1S/C13H20BrN3/c1-9-7-17(8-13(9)16(2)3)12-5-4-10(15)6-11(12)14/h4-6,9,13H,7-8,15H2,1-3H3. The van der Waals surface area contributed by atoms with E-state index in [0.29, 0.717) is 12.0 Å². The van der Waals surface area contributed by atoms with Crippen molar-refractivity contribution < 1.29 is 0 Å². The summed E-state index contributed by atoms with van der Waals surface area (Å²) in [7, 11) is 4.31. The maximum Gasteiger partial charge on any atom is 0.0512 e. The summed E-state index contributed by atoms with van der Waals surface area (Å²) in [4.78, 5) is 4.74.